The molecular formula is C13H14FN3O. The van der Waals surface area contributed by atoms with Crippen LogP contribution in [0.15, 0.2) is 36.9 Å². The number of halogens is 1. The maximum Gasteiger partial charge on any atom is 0.165 e. The maximum absolute atomic E-state index is 13.6. The molecule has 4 nitrogen and oxygen atoms in total. The lowest BCUT2D eigenvalue weighted by Gasteiger charge is -2.15. The van der Waals surface area contributed by atoms with Crippen LogP contribution in [0.4, 0.5) is 10.1 Å². The van der Waals surface area contributed by atoms with E-state index in [-0.39, 0.29) is 17.6 Å². The fraction of sp³-hybridized carbons (Fsp3) is 0.231. The molecule has 1 aromatic heterocycles. The molecular weight excluding hydrogens is 233 g/mol. The molecule has 5 heteroatoms. The van der Waals surface area contributed by atoms with Gasteiger partial charge in [0.25, 0.3) is 0 Å². The van der Waals surface area contributed by atoms with E-state index in [1.54, 1.807) is 18.5 Å². The van der Waals surface area contributed by atoms with Gasteiger partial charge in [0.05, 0.1) is 25.2 Å². The number of benzene rings is 1. The number of anilines is 1. The first-order valence-corrected chi connectivity index (χ1v) is 5.55. The highest BCUT2D eigenvalue weighted by atomic mass is 19.1. The lowest BCUT2D eigenvalue weighted by Crippen LogP contribution is -2.07. The number of ether oxygens (including phenoxy) is 1. The van der Waals surface area contributed by atoms with Gasteiger partial charge in [-0.15, -0.1) is 0 Å². The van der Waals surface area contributed by atoms with Gasteiger partial charge in [-0.2, -0.15) is 0 Å². The Hall–Kier alpha value is -2.17. The van der Waals surface area contributed by atoms with Gasteiger partial charge in [-0.25, -0.2) is 14.4 Å². The van der Waals surface area contributed by atoms with E-state index in [0.717, 1.165) is 11.3 Å². The molecule has 0 saturated carbocycles. The summed E-state index contributed by atoms with van der Waals surface area (Å²) in [4.78, 5) is 7.82. The molecule has 1 atom stereocenters. The van der Waals surface area contributed by atoms with Crippen LogP contribution >= 0.6 is 0 Å². The summed E-state index contributed by atoms with van der Waals surface area (Å²) in [5, 5.41) is 3.19. The molecule has 2 rings (SSSR count). The van der Waals surface area contributed by atoms with Gasteiger partial charge in [0.1, 0.15) is 6.33 Å². The van der Waals surface area contributed by atoms with Gasteiger partial charge in [-0.1, -0.05) is 6.07 Å². The van der Waals surface area contributed by atoms with Crippen molar-refractivity contribution in [1.82, 2.24) is 9.97 Å². The first-order chi connectivity index (χ1) is 8.70. The molecule has 0 spiro atoms. The SMILES string of the molecule is COc1ccc(C(C)Nc2cncnc2)cc1F. The molecule has 1 N–H and O–H groups in total. The molecule has 0 radical (unpaired) electrons. The molecule has 0 aliphatic heterocycles. The number of aromatic nitrogens is 2. The van der Waals surface area contributed by atoms with Gasteiger partial charge < -0.3 is 10.1 Å². The Labute approximate surface area is 105 Å². The van der Waals surface area contributed by atoms with E-state index in [0.29, 0.717) is 0 Å². The van der Waals surface area contributed by atoms with E-state index < -0.39 is 0 Å². The van der Waals surface area contributed by atoms with Crippen LogP contribution in [-0.4, -0.2) is 17.1 Å². The van der Waals surface area contributed by atoms with Crippen molar-refractivity contribution in [2.75, 3.05) is 12.4 Å². The minimum Gasteiger partial charge on any atom is -0.494 e. The van der Waals surface area contributed by atoms with E-state index in [1.807, 2.05) is 13.0 Å². The number of nitrogens with one attached hydrogen (secondary N) is 1. The molecule has 0 bridgehead atoms. The third-order valence-corrected chi connectivity index (χ3v) is 2.62. The highest BCUT2D eigenvalue weighted by molar-refractivity contribution is 5.41. The summed E-state index contributed by atoms with van der Waals surface area (Å²) in [6, 6.07) is 4.85. The Morgan fingerprint density at radius 1 is 1.28 bits per heavy atom. The van der Waals surface area contributed by atoms with E-state index in [4.69, 9.17) is 4.74 Å². The van der Waals surface area contributed by atoms with Crippen LogP contribution < -0.4 is 10.1 Å². The van der Waals surface area contributed by atoms with E-state index in [1.165, 1.54) is 19.5 Å². The van der Waals surface area contributed by atoms with E-state index >= 15 is 0 Å². The molecule has 94 valence electrons. The third kappa shape index (κ3) is 2.74. The predicted octanol–water partition coefficient (Wildman–Crippen LogP) is 2.80. The molecule has 18 heavy (non-hydrogen) atoms. The van der Waals surface area contributed by atoms with Gasteiger partial charge in [0.2, 0.25) is 0 Å². The number of methoxy groups -OCH3 is 1. The second-order valence-electron chi connectivity index (χ2n) is 3.89. The minimum absolute atomic E-state index is 0.0450. The van der Waals surface area contributed by atoms with Gasteiger partial charge >= 0.3 is 0 Å². The molecule has 0 aliphatic rings. The second-order valence-corrected chi connectivity index (χ2v) is 3.89. The zero-order chi connectivity index (χ0) is 13.0. The van der Waals surface area contributed by atoms with Gasteiger partial charge in [0, 0.05) is 6.04 Å². The smallest absolute Gasteiger partial charge is 0.165 e. The number of hydrogen-bond acceptors (Lipinski definition) is 4. The Balaban J connectivity index is 2.14. The van der Waals surface area contributed by atoms with Gasteiger partial charge in [-0.3, -0.25) is 0 Å². The van der Waals surface area contributed by atoms with Crippen LogP contribution in [0.1, 0.15) is 18.5 Å². The summed E-state index contributed by atoms with van der Waals surface area (Å²) in [6.07, 6.45) is 4.80. The van der Waals surface area contributed by atoms with Crippen molar-refractivity contribution < 1.29 is 9.13 Å². The monoisotopic (exact) mass is 247 g/mol. The highest BCUT2D eigenvalue weighted by Gasteiger charge is 2.09. The Kier molecular flexibility index (Phi) is 3.72. The Morgan fingerprint density at radius 3 is 2.61 bits per heavy atom. The summed E-state index contributed by atoms with van der Waals surface area (Å²) < 4.78 is 18.5. The Bertz CT molecular complexity index is 519. The predicted molar refractivity (Wildman–Crippen MR) is 67.0 cm³/mol. The van der Waals surface area contributed by atoms with Crippen molar-refractivity contribution in [3.63, 3.8) is 0 Å². The molecule has 2 aromatic rings. The number of nitrogens with zero attached hydrogens (tertiary/aromatic N) is 2. The van der Waals surface area contributed by atoms with Crippen molar-refractivity contribution >= 4 is 5.69 Å². The quantitative estimate of drug-likeness (QED) is 0.902. The molecule has 0 saturated heterocycles. The van der Waals surface area contributed by atoms with Crippen molar-refractivity contribution in [2.24, 2.45) is 0 Å². The zero-order valence-electron chi connectivity index (χ0n) is 10.2. The third-order valence-electron chi connectivity index (χ3n) is 2.62. The summed E-state index contributed by atoms with van der Waals surface area (Å²) in [5.41, 5.74) is 1.62. The molecule has 0 fully saturated rings. The lowest BCUT2D eigenvalue weighted by atomic mass is 10.1. The van der Waals surface area contributed by atoms with Crippen LogP contribution in [0.3, 0.4) is 0 Å². The van der Waals surface area contributed by atoms with E-state index in [9.17, 15) is 4.39 Å². The summed E-state index contributed by atoms with van der Waals surface area (Å²) in [7, 11) is 1.45. The normalized spacial score (nSPS) is 11.9. The summed E-state index contributed by atoms with van der Waals surface area (Å²) in [6.45, 7) is 1.94. The van der Waals surface area contributed by atoms with Crippen molar-refractivity contribution in [1.29, 1.82) is 0 Å². The van der Waals surface area contributed by atoms with Crippen molar-refractivity contribution in [3.05, 3.63) is 48.3 Å². The van der Waals surface area contributed by atoms with Crippen LogP contribution in [0.2, 0.25) is 0 Å². The van der Waals surface area contributed by atoms with Crippen molar-refractivity contribution in [3.8, 4) is 5.75 Å². The zero-order valence-corrected chi connectivity index (χ0v) is 10.2. The highest BCUT2D eigenvalue weighted by Crippen LogP contribution is 2.23. The summed E-state index contributed by atoms with van der Waals surface area (Å²) in [5.74, 6) is -0.123. The van der Waals surface area contributed by atoms with Gasteiger partial charge in [0.15, 0.2) is 11.6 Å². The van der Waals surface area contributed by atoms with Crippen LogP contribution in [0.5, 0.6) is 5.75 Å². The van der Waals surface area contributed by atoms with Gasteiger partial charge in [-0.05, 0) is 24.6 Å². The van der Waals surface area contributed by atoms with Crippen LogP contribution in [-0.2, 0) is 0 Å². The minimum atomic E-state index is -0.368. The average molecular weight is 247 g/mol. The molecule has 1 aromatic carbocycles. The molecule has 0 aliphatic carbocycles. The van der Waals surface area contributed by atoms with Crippen LogP contribution in [0, 0.1) is 5.82 Å². The molecule has 0 amide bonds. The lowest BCUT2D eigenvalue weighted by molar-refractivity contribution is 0.386. The average Bonchev–Trinajstić information content (AvgIpc) is 2.39. The van der Waals surface area contributed by atoms with E-state index in [2.05, 4.69) is 15.3 Å². The number of rotatable bonds is 4. The summed E-state index contributed by atoms with van der Waals surface area (Å²) >= 11 is 0. The maximum atomic E-state index is 13.6. The molecule has 1 heterocycles. The number of hydrogen-bond donors (Lipinski definition) is 1. The van der Waals surface area contributed by atoms with Crippen molar-refractivity contribution in [2.45, 2.75) is 13.0 Å². The van der Waals surface area contributed by atoms with Crippen LogP contribution in [0.25, 0.3) is 0 Å². The fourth-order valence-electron chi connectivity index (χ4n) is 1.66. The molecule has 1 unspecified atom stereocenters. The fourth-order valence-corrected chi connectivity index (χ4v) is 1.66. The second kappa shape index (κ2) is 5.44. The standard InChI is InChI=1S/C13H14FN3O/c1-9(17-11-6-15-8-16-7-11)10-3-4-13(18-2)12(14)5-10/h3-9,17H,1-2H3. The topological polar surface area (TPSA) is 47.0 Å². The first kappa shape index (κ1) is 12.3. The largest absolute Gasteiger partial charge is 0.494 e. The Morgan fingerprint density at radius 2 is 2.00 bits per heavy atom. The first-order valence-electron chi connectivity index (χ1n) is 5.55.